The molecule has 1 aliphatic heterocycles. The molecule has 1 aromatic heterocycles. The topological polar surface area (TPSA) is 70.2 Å². The molecule has 0 saturated carbocycles. The number of ether oxygens (including phenoxy) is 1. The van der Waals surface area contributed by atoms with E-state index in [1.165, 1.54) is 18.2 Å². The number of rotatable bonds is 3. The minimum absolute atomic E-state index is 0.145. The highest BCUT2D eigenvalue weighted by Gasteiger charge is 2.34. The Morgan fingerprint density at radius 2 is 2.07 bits per heavy atom. The van der Waals surface area contributed by atoms with Crippen molar-refractivity contribution in [1.29, 1.82) is 0 Å². The maximum absolute atomic E-state index is 12.8. The number of nitrogens with zero attached hydrogens (tertiary/aromatic N) is 2. The van der Waals surface area contributed by atoms with Crippen LogP contribution in [-0.2, 0) is 17.5 Å². The smallest absolute Gasteiger partial charge is 0.449 e. The molecule has 2 aromatic carbocycles. The maximum Gasteiger partial charge on any atom is 0.449 e. The molecule has 2 N–H and O–H groups in total. The number of fused-ring (bicyclic) bond motifs is 2. The summed E-state index contributed by atoms with van der Waals surface area (Å²) in [7, 11) is 0. The minimum atomic E-state index is -4.55. The summed E-state index contributed by atoms with van der Waals surface area (Å²) in [6.07, 6.45) is -4.55. The highest BCUT2D eigenvalue weighted by Crippen LogP contribution is 2.29. The highest BCUT2D eigenvalue weighted by atomic mass is 19.4. The number of para-hydroxylation sites is 1. The first-order valence-electron chi connectivity index (χ1n) is 8.68. The van der Waals surface area contributed by atoms with Gasteiger partial charge in [-0.05, 0) is 24.3 Å². The van der Waals surface area contributed by atoms with Gasteiger partial charge in [0.05, 0.1) is 17.6 Å². The molecule has 0 saturated heterocycles. The number of alkyl halides is 3. The molecule has 0 bridgehead atoms. The van der Waals surface area contributed by atoms with E-state index in [9.17, 15) is 18.0 Å². The molecule has 0 fully saturated rings. The molecular weight excluding hydrogens is 373 g/mol. The molecule has 1 aliphatic rings. The Kier molecular flexibility index (Phi) is 4.68. The fourth-order valence-corrected chi connectivity index (χ4v) is 3.14. The summed E-state index contributed by atoms with van der Waals surface area (Å²) in [4.78, 5) is 20.1. The molecule has 6 nitrogen and oxygen atoms in total. The van der Waals surface area contributed by atoms with Gasteiger partial charge in [-0.3, -0.25) is 9.69 Å². The zero-order valence-corrected chi connectivity index (χ0v) is 14.7. The van der Waals surface area contributed by atoms with Gasteiger partial charge < -0.3 is 15.0 Å². The lowest BCUT2D eigenvalue weighted by molar-refractivity contribution is -0.144. The third kappa shape index (κ3) is 3.94. The Bertz CT molecular complexity index is 1020. The number of imidazole rings is 1. The first-order valence-corrected chi connectivity index (χ1v) is 8.68. The third-order valence-corrected chi connectivity index (χ3v) is 4.43. The van der Waals surface area contributed by atoms with Gasteiger partial charge in [0.1, 0.15) is 12.4 Å². The zero-order valence-electron chi connectivity index (χ0n) is 14.7. The number of anilines is 1. The number of benzene rings is 2. The lowest BCUT2D eigenvalue weighted by atomic mass is 10.2. The normalized spacial score (nSPS) is 15.0. The van der Waals surface area contributed by atoms with E-state index in [4.69, 9.17) is 4.74 Å². The summed E-state index contributed by atoms with van der Waals surface area (Å²) >= 11 is 0. The van der Waals surface area contributed by atoms with Crippen molar-refractivity contribution in [3.63, 3.8) is 0 Å². The molecule has 1 amide bonds. The Balaban J connectivity index is 1.43. The molecular formula is C19H17F3N4O2. The van der Waals surface area contributed by atoms with Gasteiger partial charge in [0.2, 0.25) is 11.7 Å². The fraction of sp³-hybridized carbons (Fsp3) is 0.263. The van der Waals surface area contributed by atoms with Gasteiger partial charge in [-0.15, -0.1) is 0 Å². The summed E-state index contributed by atoms with van der Waals surface area (Å²) in [6.45, 7) is 1.80. The third-order valence-electron chi connectivity index (χ3n) is 4.43. The lowest BCUT2D eigenvalue weighted by Crippen LogP contribution is -2.34. The van der Waals surface area contributed by atoms with Gasteiger partial charge in [-0.1, -0.05) is 18.2 Å². The molecule has 0 spiro atoms. The van der Waals surface area contributed by atoms with Crippen LogP contribution in [0.4, 0.5) is 18.9 Å². The zero-order chi connectivity index (χ0) is 19.7. The van der Waals surface area contributed by atoms with Crippen LogP contribution in [0.2, 0.25) is 0 Å². The standard InChI is InChI=1S/C19H17F3N4O2/c20-19(21,22)18-24-14-6-5-13(9-15(14)25-18)23-17(27)11-26-7-8-28-16-4-2-1-3-12(16)10-26/h1-6,9H,7-8,10-11H2,(H,23,27)(H,24,25). The van der Waals surface area contributed by atoms with Crippen molar-refractivity contribution >= 4 is 22.6 Å². The van der Waals surface area contributed by atoms with Gasteiger partial charge in [-0.2, -0.15) is 13.2 Å². The number of nitrogens with one attached hydrogen (secondary N) is 2. The van der Waals surface area contributed by atoms with E-state index >= 15 is 0 Å². The van der Waals surface area contributed by atoms with Crippen LogP contribution in [0.5, 0.6) is 5.75 Å². The Labute approximate surface area is 158 Å². The Morgan fingerprint density at radius 1 is 1.25 bits per heavy atom. The van der Waals surface area contributed by atoms with Gasteiger partial charge in [0, 0.05) is 24.3 Å². The fourth-order valence-electron chi connectivity index (χ4n) is 3.14. The number of halogens is 3. The average molecular weight is 390 g/mol. The number of hydrogen-bond donors (Lipinski definition) is 2. The second-order valence-corrected chi connectivity index (χ2v) is 6.53. The number of aromatic nitrogens is 2. The lowest BCUT2D eigenvalue weighted by Gasteiger charge is -2.18. The van der Waals surface area contributed by atoms with E-state index in [1.807, 2.05) is 29.2 Å². The quantitative estimate of drug-likeness (QED) is 0.719. The predicted molar refractivity (Wildman–Crippen MR) is 96.9 cm³/mol. The van der Waals surface area contributed by atoms with Crippen molar-refractivity contribution in [2.75, 3.05) is 25.0 Å². The molecule has 28 heavy (non-hydrogen) atoms. The molecule has 9 heteroatoms. The molecule has 4 rings (SSSR count). The van der Waals surface area contributed by atoms with E-state index in [1.54, 1.807) is 0 Å². The number of H-pyrrole nitrogens is 1. The number of amides is 1. The van der Waals surface area contributed by atoms with Crippen LogP contribution in [0, 0.1) is 0 Å². The van der Waals surface area contributed by atoms with Crippen LogP contribution >= 0.6 is 0 Å². The first kappa shape index (κ1) is 18.3. The molecule has 0 radical (unpaired) electrons. The van der Waals surface area contributed by atoms with Crippen molar-refractivity contribution in [2.24, 2.45) is 0 Å². The molecule has 0 atom stereocenters. The van der Waals surface area contributed by atoms with E-state index in [-0.39, 0.29) is 23.5 Å². The summed E-state index contributed by atoms with van der Waals surface area (Å²) in [5.74, 6) is -0.501. The minimum Gasteiger partial charge on any atom is -0.492 e. The molecule has 0 unspecified atom stereocenters. The van der Waals surface area contributed by atoms with Gasteiger partial charge in [0.25, 0.3) is 0 Å². The van der Waals surface area contributed by atoms with Crippen molar-refractivity contribution < 1.29 is 22.7 Å². The summed E-state index contributed by atoms with van der Waals surface area (Å²) in [5.41, 5.74) is 1.81. The monoisotopic (exact) mass is 390 g/mol. The van der Waals surface area contributed by atoms with E-state index in [0.717, 1.165) is 11.3 Å². The maximum atomic E-state index is 12.8. The van der Waals surface area contributed by atoms with E-state index in [2.05, 4.69) is 15.3 Å². The SMILES string of the molecule is O=C(CN1CCOc2ccccc2C1)Nc1ccc2nc(C(F)(F)F)[nH]c2c1. The van der Waals surface area contributed by atoms with Crippen molar-refractivity contribution in [3.05, 3.63) is 53.9 Å². The van der Waals surface area contributed by atoms with Crippen LogP contribution in [-0.4, -0.2) is 40.5 Å². The largest absolute Gasteiger partial charge is 0.492 e. The summed E-state index contributed by atoms with van der Waals surface area (Å²) < 4.78 is 44.0. The van der Waals surface area contributed by atoms with Crippen LogP contribution in [0.15, 0.2) is 42.5 Å². The van der Waals surface area contributed by atoms with Crippen LogP contribution in [0.3, 0.4) is 0 Å². The summed E-state index contributed by atoms with van der Waals surface area (Å²) in [5, 5.41) is 2.72. The Morgan fingerprint density at radius 3 is 2.89 bits per heavy atom. The molecule has 2 heterocycles. The Hall–Kier alpha value is -3.07. The molecule has 0 aliphatic carbocycles. The van der Waals surface area contributed by atoms with Crippen LogP contribution in [0.1, 0.15) is 11.4 Å². The molecule has 146 valence electrons. The van der Waals surface area contributed by atoms with Crippen molar-refractivity contribution in [3.8, 4) is 5.75 Å². The number of hydrogen-bond acceptors (Lipinski definition) is 4. The summed E-state index contributed by atoms with van der Waals surface area (Å²) in [6, 6.07) is 12.1. The van der Waals surface area contributed by atoms with Crippen molar-refractivity contribution in [2.45, 2.75) is 12.7 Å². The van der Waals surface area contributed by atoms with Gasteiger partial charge in [0.15, 0.2) is 0 Å². The highest BCUT2D eigenvalue weighted by molar-refractivity contribution is 5.94. The number of carbonyl (C=O) groups is 1. The van der Waals surface area contributed by atoms with E-state index in [0.29, 0.717) is 25.4 Å². The predicted octanol–water partition coefficient (Wildman–Crippen LogP) is 3.41. The number of aromatic amines is 1. The van der Waals surface area contributed by atoms with Crippen LogP contribution in [0.25, 0.3) is 11.0 Å². The van der Waals surface area contributed by atoms with Crippen LogP contribution < -0.4 is 10.1 Å². The average Bonchev–Trinajstić information content (AvgIpc) is 2.96. The van der Waals surface area contributed by atoms with Gasteiger partial charge >= 0.3 is 6.18 Å². The first-order chi connectivity index (χ1) is 13.4. The second kappa shape index (κ2) is 7.16. The van der Waals surface area contributed by atoms with Gasteiger partial charge in [-0.25, -0.2) is 4.98 Å². The number of carbonyl (C=O) groups excluding carboxylic acids is 1. The molecule has 3 aromatic rings. The van der Waals surface area contributed by atoms with E-state index < -0.39 is 12.0 Å². The second-order valence-electron chi connectivity index (χ2n) is 6.53. The van der Waals surface area contributed by atoms with Crippen molar-refractivity contribution in [1.82, 2.24) is 14.9 Å².